The van der Waals surface area contributed by atoms with Gasteiger partial charge in [-0.2, -0.15) is 0 Å². The van der Waals surface area contributed by atoms with E-state index in [9.17, 15) is 0 Å². The van der Waals surface area contributed by atoms with Gasteiger partial charge in [-0.3, -0.25) is 0 Å². The van der Waals surface area contributed by atoms with E-state index in [4.69, 9.17) is 10.6 Å². The van der Waals surface area contributed by atoms with Gasteiger partial charge in [0, 0.05) is 6.07 Å². The fourth-order valence-corrected chi connectivity index (χ4v) is 1.69. The van der Waals surface area contributed by atoms with Crippen LogP contribution in [0.3, 0.4) is 0 Å². The van der Waals surface area contributed by atoms with Gasteiger partial charge in [-0.1, -0.05) is 12.1 Å². The van der Waals surface area contributed by atoms with Crippen molar-refractivity contribution in [2.45, 2.75) is 13.8 Å². The van der Waals surface area contributed by atoms with Crippen molar-refractivity contribution in [1.82, 2.24) is 9.97 Å². The van der Waals surface area contributed by atoms with E-state index >= 15 is 0 Å². The number of benzene rings is 1. The molecule has 0 saturated carbocycles. The summed E-state index contributed by atoms with van der Waals surface area (Å²) < 4.78 is 5.55. The maximum atomic E-state index is 5.55. The molecule has 2 rings (SSSR count). The molecule has 0 radical (unpaired) electrons. The molecule has 4 N–H and O–H groups in total. The molecule has 100 valence electrons. The zero-order valence-electron chi connectivity index (χ0n) is 11.0. The van der Waals surface area contributed by atoms with E-state index < -0.39 is 0 Å². The predicted molar refractivity (Wildman–Crippen MR) is 75.5 cm³/mol. The normalized spacial score (nSPS) is 10.1. The standard InChI is InChI=1S/C13H17N5O/c1-3-19-11-7-5-4-6-10(11)17-12-8-13(18-14)16-9(2)15-12/h4-8H,3,14H2,1-2H3,(H2,15,16,17,18). The lowest BCUT2D eigenvalue weighted by Crippen LogP contribution is -2.10. The Hall–Kier alpha value is -2.34. The van der Waals surface area contributed by atoms with Crippen molar-refractivity contribution < 1.29 is 4.74 Å². The third-order valence-electron chi connectivity index (χ3n) is 2.44. The van der Waals surface area contributed by atoms with Crippen LogP contribution in [-0.2, 0) is 0 Å². The Morgan fingerprint density at radius 1 is 1.21 bits per heavy atom. The van der Waals surface area contributed by atoms with Gasteiger partial charge in [-0.25, -0.2) is 15.8 Å². The van der Waals surface area contributed by atoms with Gasteiger partial charge in [0.1, 0.15) is 23.2 Å². The molecule has 0 aliphatic heterocycles. The number of hydrogen-bond donors (Lipinski definition) is 3. The molecular formula is C13H17N5O. The molecule has 0 atom stereocenters. The number of ether oxygens (including phenoxy) is 1. The number of hydrogen-bond acceptors (Lipinski definition) is 6. The van der Waals surface area contributed by atoms with Crippen molar-refractivity contribution in [3.63, 3.8) is 0 Å². The number of rotatable bonds is 5. The highest BCUT2D eigenvalue weighted by atomic mass is 16.5. The first-order valence-corrected chi connectivity index (χ1v) is 6.04. The molecule has 0 aliphatic carbocycles. The second-order valence-corrected chi connectivity index (χ2v) is 3.88. The molecule has 2 aromatic rings. The van der Waals surface area contributed by atoms with E-state index in [0.29, 0.717) is 24.1 Å². The number of aryl methyl sites for hydroxylation is 1. The van der Waals surface area contributed by atoms with Gasteiger partial charge < -0.3 is 15.5 Å². The summed E-state index contributed by atoms with van der Waals surface area (Å²) in [5.41, 5.74) is 3.36. The molecule has 0 aliphatic rings. The number of nitrogens with zero attached hydrogens (tertiary/aromatic N) is 2. The van der Waals surface area contributed by atoms with Crippen molar-refractivity contribution in [2.75, 3.05) is 17.3 Å². The van der Waals surface area contributed by atoms with Crippen LogP contribution >= 0.6 is 0 Å². The first-order valence-electron chi connectivity index (χ1n) is 6.04. The molecule has 0 fully saturated rings. The Labute approximate surface area is 112 Å². The van der Waals surface area contributed by atoms with E-state index in [2.05, 4.69) is 20.7 Å². The third kappa shape index (κ3) is 3.32. The Kier molecular flexibility index (Phi) is 4.15. The fraction of sp³-hybridized carbons (Fsp3) is 0.231. The molecule has 0 unspecified atom stereocenters. The molecule has 0 amide bonds. The minimum absolute atomic E-state index is 0.559. The van der Waals surface area contributed by atoms with E-state index in [1.165, 1.54) is 0 Å². The lowest BCUT2D eigenvalue weighted by atomic mass is 10.3. The number of anilines is 3. The van der Waals surface area contributed by atoms with E-state index in [1.54, 1.807) is 13.0 Å². The van der Waals surface area contributed by atoms with E-state index in [0.717, 1.165) is 11.4 Å². The summed E-state index contributed by atoms with van der Waals surface area (Å²) in [7, 11) is 0. The summed E-state index contributed by atoms with van der Waals surface area (Å²) >= 11 is 0. The minimum Gasteiger partial charge on any atom is -0.492 e. The quantitative estimate of drug-likeness (QED) is 0.564. The summed E-state index contributed by atoms with van der Waals surface area (Å²) in [5, 5.41) is 3.20. The Morgan fingerprint density at radius 3 is 2.68 bits per heavy atom. The second kappa shape index (κ2) is 6.01. The zero-order valence-corrected chi connectivity index (χ0v) is 11.0. The summed E-state index contributed by atoms with van der Waals surface area (Å²) in [6.07, 6.45) is 0. The topological polar surface area (TPSA) is 85.1 Å². The lowest BCUT2D eigenvalue weighted by molar-refractivity contribution is 0.342. The average molecular weight is 259 g/mol. The van der Waals surface area contributed by atoms with Crippen LogP contribution < -0.4 is 21.3 Å². The van der Waals surface area contributed by atoms with Crippen LogP contribution in [0.5, 0.6) is 5.75 Å². The Morgan fingerprint density at radius 2 is 1.95 bits per heavy atom. The van der Waals surface area contributed by atoms with Crippen molar-refractivity contribution in [1.29, 1.82) is 0 Å². The second-order valence-electron chi connectivity index (χ2n) is 3.88. The van der Waals surface area contributed by atoms with Crippen molar-refractivity contribution in [3.05, 3.63) is 36.2 Å². The fourth-order valence-electron chi connectivity index (χ4n) is 1.69. The Balaban J connectivity index is 2.28. The van der Waals surface area contributed by atoms with Gasteiger partial charge in [0.15, 0.2) is 0 Å². The van der Waals surface area contributed by atoms with Gasteiger partial charge >= 0.3 is 0 Å². The summed E-state index contributed by atoms with van der Waals surface area (Å²) in [5.74, 6) is 8.00. The van der Waals surface area contributed by atoms with Gasteiger partial charge in [-0.15, -0.1) is 0 Å². The van der Waals surface area contributed by atoms with Crippen LogP contribution in [0, 0.1) is 6.92 Å². The molecule has 1 aromatic carbocycles. The number of nitrogens with one attached hydrogen (secondary N) is 2. The van der Waals surface area contributed by atoms with Crippen molar-refractivity contribution in [2.24, 2.45) is 5.84 Å². The number of para-hydroxylation sites is 2. The SMILES string of the molecule is CCOc1ccccc1Nc1cc(NN)nc(C)n1. The molecule has 6 nitrogen and oxygen atoms in total. The molecule has 0 spiro atoms. The van der Waals surface area contributed by atoms with E-state index in [-0.39, 0.29) is 0 Å². The first kappa shape index (κ1) is 13.1. The van der Waals surface area contributed by atoms with Gasteiger partial charge in [0.25, 0.3) is 0 Å². The third-order valence-corrected chi connectivity index (χ3v) is 2.44. The highest BCUT2D eigenvalue weighted by Crippen LogP contribution is 2.27. The van der Waals surface area contributed by atoms with Crippen LogP contribution in [0.15, 0.2) is 30.3 Å². The van der Waals surface area contributed by atoms with Crippen LogP contribution in [0.4, 0.5) is 17.3 Å². The minimum atomic E-state index is 0.559. The number of aromatic nitrogens is 2. The average Bonchev–Trinajstić information content (AvgIpc) is 2.40. The van der Waals surface area contributed by atoms with Gasteiger partial charge in [0.05, 0.1) is 12.3 Å². The molecule has 0 saturated heterocycles. The van der Waals surface area contributed by atoms with Gasteiger partial charge in [0.2, 0.25) is 0 Å². The molecular weight excluding hydrogens is 242 g/mol. The molecule has 1 heterocycles. The van der Waals surface area contributed by atoms with Gasteiger partial charge in [-0.05, 0) is 26.0 Å². The van der Waals surface area contributed by atoms with Crippen LogP contribution in [0.1, 0.15) is 12.7 Å². The molecule has 0 bridgehead atoms. The number of nitrogens with two attached hydrogens (primary N) is 1. The number of hydrazine groups is 1. The largest absolute Gasteiger partial charge is 0.492 e. The number of nitrogen functional groups attached to an aromatic ring is 1. The van der Waals surface area contributed by atoms with Crippen LogP contribution in [0.25, 0.3) is 0 Å². The van der Waals surface area contributed by atoms with Crippen LogP contribution in [-0.4, -0.2) is 16.6 Å². The van der Waals surface area contributed by atoms with Crippen molar-refractivity contribution in [3.8, 4) is 5.75 Å². The highest BCUT2D eigenvalue weighted by Gasteiger charge is 2.05. The smallest absolute Gasteiger partial charge is 0.145 e. The lowest BCUT2D eigenvalue weighted by Gasteiger charge is -2.12. The predicted octanol–water partition coefficient (Wildman–Crippen LogP) is 2.21. The Bertz CT molecular complexity index is 558. The molecule has 6 heteroatoms. The molecule has 19 heavy (non-hydrogen) atoms. The maximum Gasteiger partial charge on any atom is 0.145 e. The van der Waals surface area contributed by atoms with E-state index in [1.807, 2.05) is 31.2 Å². The highest BCUT2D eigenvalue weighted by molar-refractivity contribution is 5.65. The monoisotopic (exact) mass is 259 g/mol. The van der Waals surface area contributed by atoms with Crippen molar-refractivity contribution >= 4 is 17.3 Å². The summed E-state index contributed by atoms with van der Waals surface area (Å²) in [4.78, 5) is 8.44. The summed E-state index contributed by atoms with van der Waals surface area (Å²) in [6.45, 7) is 4.36. The summed E-state index contributed by atoms with van der Waals surface area (Å²) in [6, 6.07) is 9.42. The first-order chi connectivity index (χ1) is 9.22. The molecule has 1 aromatic heterocycles. The van der Waals surface area contributed by atoms with Crippen LogP contribution in [0.2, 0.25) is 0 Å². The zero-order chi connectivity index (χ0) is 13.7. The maximum absolute atomic E-state index is 5.55.